The van der Waals surface area contributed by atoms with Crippen LogP contribution in [0.5, 0.6) is 0 Å². The lowest BCUT2D eigenvalue weighted by Gasteiger charge is -2.22. The third kappa shape index (κ3) is 5.91. The molecule has 0 saturated heterocycles. The van der Waals surface area contributed by atoms with E-state index in [-0.39, 0.29) is 11.4 Å². The Morgan fingerprint density at radius 1 is 1.22 bits per heavy atom. The van der Waals surface area contributed by atoms with Crippen LogP contribution in [0.3, 0.4) is 0 Å². The zero-order chi connectivity index (χ0) is 16.9. The first-order chi connectivity index (χ1) is 10.8. The third-order valence-electron chi connectivity index (χ3n) is 3.10. The van der Waals surface area contributed by atoms with Gasteiger partial charge in [-0.3, -0.25) is 9.78 Å². The first-order valence-corrected chi connectivity index (χ1v) is 7.98. The molecule has 1 amide bonds. The van der Waals surface area contributed by atoms with Crippen molar-refractivity contribution in [2.45, 2.75) is 32.7 Å². The van der Waals surface area contributed by atoms with E-state index >= 15 is 0 Å². The summed E-state index contributed by atoms with van der Waals surface area (Å²) < 4.78 is 0. The van der Waals surface area contributed by atoms with Crippen LogP contribution in [0.2, 0.25) is 5.02 Å². The number of carbonyl (C=O) groups is 1. The number of rotatable bonds is 5. The van der Waals surface area contributed by atoms with Crippen LogP contribution < -0.4 is 10.6 Å². The molecule has 122 valence electrons. The fraction of sp³-hybridized carbons (Fsp3) is 0.333. The van der Waals surface area contributed by atoms with E-state index in [0.29, 0.717) is 17.3 Å². The largest absolute Gasteiger partial charge is 0.380 e. The van der Waals surface area contributed by atoms with E-state index in [1.54, 1.807) is 12.3 Å². The summed E-state index contributed by atoms with van der Waals surface area (Å²) in [6.07, 6.45) is 2.37. The highest BCUT2D eigenvalue weighted by Crippen LogP contribution is 2.15. The number of nitrogens with zero attached hydrogens (tertiary/aromatic N) is 1. The SMILES string of the molecule is CC(C)(C)Nc1ccnc(C(=O)NCCc2cccc(Cl)c2)c1. The van der Waals surface area contributed by atoms with E-state index in [1.165, 1.54) is 0 Å². The Morgan fingerprint density at radius 2 is 2.00 bits per heavy atom. The number of nitrogens with one attached hydrogen (secondary N) is 2. The number of halogens is 1. The Kier molecular flexibility index (Phi) is 5.61. The van der Waals surface area contributed by atoms with Gasteiger partial charge < -0.3 is 10.6 Å². The Hall–Kier alpha value is -2.07. The summed E-state index contributed by atoms with van der Waals surface area (Å²) in [6, 6.07) is 11.3. The topological polar surface area (TPSA) is 54.0 Å². The van der Waals surface area contributed by atoms with Crippen molar-refractivity contribution in [3.8, 4) is 0 Å². The van der Waals surface area contributed by atoms with Gasteiger partial charge in [-0.05, 0) is 57.0 Å². The summed E-state index contributed by atoms with van der Waals surface area (Å²) in [7, 11) is 0. The van der Waals surface area contributed by atoms with Crippen molar-refractivity contribution < 1.29 is 4.79 Å². The van der Waals surface area contributed by atoms with Gasteiger partial charge in [-0.25, -0.2) is 0 Å². The van der Waals surface area contributed by atoms with E-state index in [9.17, 15) is 4.79 Å². The fourth-order valence-electron chi connectivity index (χ4n) is 2.17. The molecule has 2 aromatic rings. The smallest absolute Gasteiger partial charge is 0.269 e. The highest BCUT2D eigenvalue weighted by atomic mass is 35.5. The highest BCUT2D eigenvalue weighted by molar-refractivity contribution is 6.30. The van der Waals surface area contributed by atoms with Gasteiger partial charge in [-0.2, -0.15) is 0 Å². The minimum atomic E-state index is -0.176. The Bertz CT molecular complexity index is 680. The van der Waals surface area contributed by atoms with Gasteiger partial charge in [0.25, 0.3) is 5.91 Å². The molecule has 0 unspecified atom stereocenters. The van der Waals surface area contributed by atoms with Crippen LogP contribution in [0.15, 0.2) is 42.6 Å². The molecule has 23 heavy (non-hydrogen) atoms. The molecular weight excluding hydrogens is 310 g/mol. The summed E-state index contributed by atoms with van der Waals surface area (Å²) in [5.41, 5.74) is 2.31. The lowest BCUT2D eigenvalue weighted by atomic mass is 10.1. The van der Waals surface area contributed by atoms with Gasteiger partial charge in [0, 0.05) is 29.0 Å². The maximum Gasteiger partial charge on any atom is 0.269 e. The van der Waals surface area contributed by atoms with Gasteiger partial charge in [-0.15, -0.1) is 0 Å². The van der Waals surface area contributed by atoms with E-state index in [2.05, 4.69) is 36.4 Å². The molecule has 5 heteroatoms. The summed E-state index contributed by atoms with van der Waals surface area (Å²) in [4.78, 5) is 16.3. The maximum absolute atomic E-state index is 12.2. The number of anilines is 1. The third-order valence-corrected chi connectivity index (χ3v) is 3.34. The van der Waals surface area contributed by atoms with Crippen LogP contribution >= 0.6 is 11.6 Å². The van der Waals surface area contributed by atoms with Gasteiger partial charge >= 0.3 is 0 Å². The maximum atomic E-state index is 12.2. The zero-order valence-corrected chi connectivity index (χ0v) is 14.4. The molecule has 1 aromatic heterocycles. The van der Waals surface area contributed by atoms with Crippen molar-refractivity contribution in [1.29, 1.82) is 0 Å². The quantitative estimate of drug-likeness (QED) is 0.873. The summed E-state index contributed by atoms with van der Waals surface area (Å²) >= 11 is 5.95. The van der Waals surface area contributed by atoms with Gasteiger partial charge in [-0.1, -0.05) is 23.7 Å². The number of amides is 1. The van der Waals surface area contributed by atoms with Crippen LogP contribution in [0.25, 0.3) is 0 Å². The number of carbonyl (C=O) groups excluding carboxylic acids is 1. The lowest BCUT2D eigenvalue weighted by molar-refractivity contribution is 0.0949. The predicted molar refractivity (Wildman–Crippen MR) is 95.1 cm³/mol. The molecule has 0 aliphatic heterocycles. The molecule has 1 heterocycles. The van der Waals surface area contributed by atoms with E-state index < -0.39 is 0 Å². The minimum absolute atomic E-state index is 0.0678. The van der Waals surface area contributed by atoms with E-state index in [1.807, 2.05) is 30.3 Å². The van der Waals surface area contributed by atoms with Crippen molar-refractivity contribution in [3.63, 3.8) is 0 Å². The average Bonchev–Trinajstić information content (AvgIpc) is 2.45. The van der Waals surface area contributed by atoms with Crippen molar-refractivity contribution in [1.82, 2.24) is 10.3 Å². The summed E-state index contributed by atoms with van der Waals surface area (Å²) in [6.45, 7) is 6.74. The second-order valence-corrected chi connectivity index (χ2v) is 6.88. The second-order valence-electron chi connectivity index (χ2n) is 6.44. The first kappa shape index (κ1) is 17.3. The Morgan fingerprint density at radius 3 is 2.70 bits per heavy atom. The molecule has 2 rings (SSSR count). The summed E-state index contributed by atoms with van der Waals surface area (Å²) in [5, 5.41) is 6.92. The lowest BCUT2D eigenvalue weighted by Crippen LogP contribution is -2.28. The van der Waals surface area contributed by atoms with Crippen LogP contribution in [0.1, 0.15) is 36.8 Å². The van der Waals surface area contributed by atoms with Crippen molar-refractivity contribution in [2.75, 3.05) is 11.9 Å². The second kappa shape index (κ2) is 7.47. The van der Waals surface area contributed by atoms with Crippen LogP contribution in [-0.4, -0.2) is 23.0 Å². The van der Waals surface area contributed by atoms with Gasteiger partial charge in [0.1, 0.15) is 5.69 Å². The molecule has 0 fully saturated rings. The molecular formula is C18H22ClN3O. The molecule has 0 saturated carbocycles. The molecule has 0 radical (unpaired) electrons. The molecule has 2 N–H and O–H groups in total. The summed E-state index contributed by atoms with van der Waals surface area (Å²) in [5.74, 6) is -0.176. The molecule has 0 aliphatic rings. The fourth-order valence-corrected chi connectivity index (χ4v) is 2.38. The van der Waals surface area contributed by atoms with Crippen LogP contribution in [-0.2, 0) is 6.42 Å². The van der Waals surface area contributed by atoms with Crippen molar-refractivity contribution in [3.05, 3.63) is 58.9 Å². The van der Waals surface area contributed by atoms with Gasteiger partial charge in [0.05, 0.1) is 0 Å². The van der Waals surface area contributed by atoms with Crippen molar-refractivity contribution >= 4 is 23.2 Å². The monoisotopic (exact) mass is 331 g/mol. The Balaban J connectivity index is 1.92. The minimum Gasteiger partial charge on any atom is -0.380 e. The number of hydrogen-bond acceptors (Lipinski definition) is 3. The van der Waals surface area contributed by atoms with Crippen LogP contribution in [0.4, 0.5) is 5.69 Å². The molecule has 1 aromatic carbocycles. The zero-order valence-electron chi connectivity index (χ0n) is 13.7. The average molecular weight is 332 g/mol. The normalized spacial score (nSPS) is 11.1. The van der Waals surface area contributed by atoms with Gasteiger partial charge in [0.2, 0.25) is 0 Å². The van der Waals surface area contributed by atoms with Crippen molar-refractivity contribution in [2.24, 2.45) is 0 Å². The number of hydrogen-bond donors (Lipinski definition) is 2. The predicted octanol–water partition coefficient (Wildman–Crippen LogP) is 3.92. The molecule has 4 nitrogen and oxygen atoms in total. The number of aromatic nitrogens is 1. The number of benzene rings is 1. The van der Waals surface area contributed by atoms with E-state index in [4.69, 9.17) is 11.6 Å². The van der Waals surface area contributed by atoms with Gasteiger partial charge in [0.15, 0.2) is 0 Å². The van der Waals surface area contributed by atoms with E-state index in [0.717, 1.165) is 17.7 Å². The number of pyridine rings is 1. The molecule has 0 atom stereocenters. The standard InChI is InChI=1S/C18H22ClN3O/c1-18(2,3)22-15-8-10-20-16(12-15)17(23)21-9-7-13-5-4-6-14(19)11-13/h4-6,8,10-12H,7,9H2,1-3H3,(H,20,22)(H,21,23). The Labute approximate surface area is 142 Å². The first-order valence-electron chi connectivity index (χ1n) is 7.60. The van der Waals surface area contributed by atoms with Crippen LogP contribution in [0, 0.1) is 0 Å². The molecule has 0 aliphatic carbocycles. The molecule has 0 spiro atoms. The molecule has 0 bridgehead atoms. The highest BCUT2D eigenvalue weighted by Gasteiger charge is 2.12.